The van der Waals surface area contributed by atoms with E-state index in [4.69, 9.17) is 0 Å². The first-order valence-electron chi connectivity index (χ1n) is 7.06. The molecule has 3 nitrogen and oxygen atoms in total. The highest BCUT2D eigenvalue weighted by Gasteiger charge is 2.28. The second kappa shape index (κ2) is 5.08. The standard InChI is InChI=1S/C16H20N2O/c1-2-13-10-16(19)18(12-13)15-7-5-6-14(11-15)17-8-3-4-9-17/h2,5-7,11,13H,1,3-4,8-10,12H2. The minimum Gasteiger partial charge on any atom is -0.371 e. The second-order valence-corrected chi connectivity index (χ2v) is 5.42. The van der Waals surface area contributed by atoms with Crippen LogP contribution in [-0.4, -0.2) is 25.5 Å². The van der Waals surface area contributed by atoms with Crippen molar-refractivity contribution >= 4 is 17.3 Å². The molecule has 2 aliphatic heterocycles. The Morgan fingerprint density at radius 2 is 1.95 bits per heavy atom. The lowest BCUT2D eigenvalue weighted by atomic mass is 10.1. The zero-order chi connectivity index (χ0) is 13.2. The molecule has 0 aromatic heterocycles. The van der Waals surface area contributed by atoms with E-state index in [-0.39, 0.29) is 5.91 Å². The summed E-state index contributed by atoms with van der Waals surface area (Å²) < 4.78 is 0. The van der Waals surface area contributed by atoms with Gasteiger partial charge >= 0.3 is 0 Å². The van der Waals surface area contributed by atoms with Crippen molar-refractivity contribution in [3.63, 3.8) is 0 Å². The van der Waals surface area contributed by atoms with Crippen LogP contribution in [0.5, 0.6) is 0 Å². The maximum absolute atomic E-state index is 12.0. The lowest BCUT2D eigenvalue weighted by molar-refractivity contribution is -0.117. The Labute approximate surface area is 114 Å². The predicted octanol–water partition coefficient (Wildman–Crippen LogP) is 2.83. The van der Waals surface area contributed by atoms with Gasteiger partial charge in [0.15, 0.2) is 0 Å². The largest absolute Gasteiger partial charge is 0.371 e. The average molecular weight is 256 g/mol. The van der Waals surface area contributed by atoms with E-state index in [1.54, 1.807) is 0 Å². The van der Waals surface area contributed by atoms with Gasteiger partial charge in [-0.1, -0.05) is 12.1 Å². The lowest BCUT2D eigenvalue weighted by Gasteiger charge is -2.21. The first-order chi connectivity index (χ1) is 9.28. The van der Waals surface area contributed by atoms with Gasteiger partial charge in [-0.25, -0.2) is 0 Å². The highest BCUT2D eigenvalue weighted by molar-refractivity contribution is 5.96. The molecule has 1 aromatic carbocycles. The van der Waals surface area contributed by atoms with Gasteiger partial charge in [0.2, 0.25) is 5.91 Å². The van der Waals surface area contributed by atoms with Crippen molar-refractivity contribution in [2.45, 2.75) is 19.3 Å². The van der Waals surface area contributed by atoms with Crippen LogP contribution in [0.2, 0.25) is 0 Å². The molecule has 2 fully saturated rings. The lowest BCUT2D eigenvalue weighted by Crippen LogP contribution is -2.25. The Morgan fingerprint density at radius 3 is 2.63 bits per heavy atom. The zero-order valence-corrected chi connectivity index (χ0v) is 11.2. The van der Waals surface area contributed by atoms with E-state index in [2.05, 4.69) is 29.7 Å². The minimum atomic E-state index is 0.212. The van der Waals surface area contributed by atoms with Crippen LogP contribution in [0, 0.1) is 5.92 Å². The summed E-state index contributed by atoms with van der Waals surface area (Å²) in [4.78, 5) is 16.3. The van der Waals surface area contributed by atoms with E-state index >= 15 is 0 Å². The summed E-state index contributed by atoms with van der Waals surface area (Å²) in [5.41, 5.74) is 2.27. The highest BCUT2D eigenvalue weighted by atomic mass is 16.2. The quantitative estimate of drug-likeness (QED) is 0.776. The maximum atomic E-state index is 12.0. The summed E-state index contributed by atoms with van der Waals surface area (Å²) in [6.07, 6.45) is 5.02. The molecule has 1 unspecified atom stereocenters. The number of hydrogen-bond donors (Lipinski definition) is 0. The van der Waals surface area contributed by atoms with Gasteiger partial charge in [-0.3, -0.25) is 4.79 Å². The third-order valence-electron chi connectivity index (χ3n) is 4.10. The van der Waals surface area contributed by atoms with Crippen molar-refractivity contribution in [1.29, 1.82) is 0 Å². The molecule has 1 aromatic rings. The van der Waals surface area contributed by atoms with Crippen LogP contribution < -0.4 is 9.80 Å². The number of hydrogen-bond acceptors (Lipinski definition) is 2. The topological polar surface area (TPSA) is 23.6 Å². The second-order valence-electron chi connectivity index (χ2n) is 5.42. The summed E-state index contributed by atoms with van der Waals surface area (Å²) in [6.45, 7) is 6.83. The molecular formula is C16H20N2O. The first kappa shape index (κ1) is 12.3. The SMILES string of the molecule is C=CC1CC(=O)N(c2cccc(N3CCCC3)c2)C1. The summed E-state index contributed by atoms with van der Waals surface area (Å²) in [7, 11) is 0. The van der Waals surface area contributed by atoms with E-state index < -0.39 is 0 Å². The van der Waals surface area contributed by atoms with Crippen molar-refractivity contribution in [1.82, 2.24) is 0 Å². The first-order valence-corrected chi connectivity index (χ1v) is 7.06. The van der Waals surface area contributed by atoms with Crippen molar-refractivity contribution in [3.8, 4) is 0 Å². The van der Waals surface area contributed by atoms with Gasteiger partial charge < -0.3 is 9.80 Å². The molecule has 0 spiro atoms. The van der Waals surface area contributed by atoms with Gasteiger partial charge in [0.25, 0.3) is 0 Å². The molecule has 0 N–H and O–H groups in total. The van der Waals surface area contributed by atoms with Crippen LogP contribution in [0.25, 0.3) is 0 Å². The van der Waals surface area contributed by atoms with Crippen LogP contribution in [0.1, 0.15) is 19.3 Å². The van der Waals surface area contributed by atoms with Crippen LogP contribution in [0.3, 0.4) is 0 Å². The Hall–Kier alpha value is -1.77. The van der Waals surface area contributed by atoms with Crippen LogP contribution >= 0.6 is 0 Å². The maximum Gasteiger partial charge on any atom is 0.227 e. The van der Waals surface area contributed by atoms with E-state index in [9.17, 15) is 4.79 Å². The molecule has 2 saturated heterocycles. The molecule has 3 heteroatoms. The number of rotatable bonds is 3. The Bertz CT molecular complexity index is 491. The fourth-order valence-electron chi connectivity index (χ4n) is 2.98. The molecule has 0 radical (unpaired) electrons. The van der Waals surface area contributed by atoms with E-state index in [1.807, 2.05) is 17.0 Å². The summed E-state index contributed by atoms with van der Waals surface area (Å²) in [6, 6.07) is 8.37. The molecule has 100 valence electrons. The summed E-state index contributed by atoms with van der Waals surface area (Å²) >= 11 is 0. The molecule has 0 saturated carbocycles. The zero-order valence-electron chi connectivity index (χ0n) is 11.2. The highest BCUT2D eigenvalue weighted by Crippen LogP contribution is 2.29. The number of carbonyl (C=O) groups is 1. The number of amides is 1. The third-order valence-corrected chi connectivity index (χ3v) is 4.10. The van der Waals surface area contributed by atoms with Crippen molar-refractivity contribution in [2.24, 2.45) is 5.92 Å². The van der Waals surface area contributed by atoms with Crippen LogP contribution in [0.4, 0.5) is 11.4 Å². The molecule has 0 bridgehead atoms. The molecule has 19 heavy (non-hydrogen) atoms. The smallest absolute Gasteiger partial charge is 0.227 e. The van der Waals surface area contributed by atoms with Gasteiger partial charge in [-0.2, -0.15) is 0 Å². The Balaban J connectivity index is 1.83. The summed E-state index contributed by atoms with van der Waals surface area (Å²) in [5, 5.41) is 0. The van der Waals surface area contributed by atoms with Crippen molar-refractivity contribution in [3.05, 3.63) is 36.9 Å². The van der Waals surface area contributed by atoms with Crippen molar-refractivity contribution < 1.29 is 4.79 Å². The molecule has 2 aliphatic rings. The third kappa shape index (κ3) is 2.37. The molecule has 2 heterocycles. The molecule has 3 rings (SSSR count). The van der Waals surface area contributed by atoms with Crippen LogP contribution in [0.15, 0.2) is 36.9 Å². The molecule has 1 amide bonds. The number of carbonyl (C=O) groups excluding carboxylic acids is 1. The van der Waals surface area contributed by atoms with Crippen LogP contribution in [-0.2, 0) is 4.79 Å². The van der Waals surface area contributed by atoms with E-state index in [0.717, 1.165) is 25.3 Å². The summed E-state index contributed by atoms with van der Waals surface area (Å²) in [5.74, 6) is 0.506. The van der Waals surface area contributed by atoms with Crippen molar-refractivity contribution in [2.75, 3.05) is 29.4 Å². The molecule has 0 aliphatic carbocycles. The normalized spacial score (nSPS) is 23.2. The van der Waals surface area contributed by atoms with E-state index in [1.165, 1.54) is 18.5 Å². The Morgan fingerprint density at radius 1 is 1.21 bits per heavy atom. The van der Waals surface area contributed by atoms with E-state index in [0.29, 0.717) is 12.3 Å². The fraction of sp³-hybridized carbons (Fsp3) is 0.438. The molecule has 1 atom stereocenters. The molecular weight excluding hydrogens is 236 g/mol. The minimum absolute atomic E-state index is 0.212. The fourth-order valence-corrected chi connectivity index (χ4v) is 2.98. The predicted molar refractivity (Wildman–Crippen MR) is 78.5 cm³/mol. The number of benzene rings is 1. The number of nitrogens with zero attached hydrogens (tertiary/aromatic N) is 2. The van der Waals surface area contributed by atoms with Gasteiger partial charge in [0.1, 0.15) is 0 Å². The Kier molecular flexibility index (Phi) is 3.28. The number of anilines is 2. The van der Waals surface area contributed by atoms with Gasteiger partial charge in [-0.15, -0.1) is 6.58 Å². The average Bonchev–Trinajstić information content (AvgIpc) is 3.08. The van der Waals surface area contributed by atoms with Gasteiger partial charge in [0.05, 0.1) is 0 Å². The van der Waals surface area contributed by atoms with Gasteiger partial charge in [-0.05, 0) is 31.0 Å². The van der Waals surface area contributed by atoms with Gasteiger partial charge in [0, 0.05) is 43.3 Å². The monoisotopic (exact) mass is 256 g/mol.